The summed E-state index contributed by atoms with van der Waals surface area (Å²) < 4.78 is 16.0. The van der Waals surface area contributed by atoms with Crippen LogP contribution >= 0.6 is 0 Å². The average molecular weight is 345 g/mol. The molecule has 2 unspecified atom stereocenters. The Bertz CT molecular complexity index is 727. The van der Waals surface area contributed by atoms with Gasteiger partial charge in [0.2, 0.25) is 5.91 Å². The summed E-state index contributed by atoms with van der Waals surface area (Å²) in [6.45, 7) is 5.91. The largest absolute Gasteiger partial charge is 0.467 e. The molecule has 7 nitrogen and oxygen atoms in total. The van der Waals surface area contributed by atoms with Gasteiger partial charge in [-0.05, 0) is 25.0 Å². The van der Waals surface area contributed by atoms with Gasteiger partial charge in [-0.1, -0.05) is 5.16 Å². The van der Waals surface area contributed by atoms with Gasteiger partial charge in [0.05, 0.1) is 30.5 Å². The molecule has 1 amide bonds. The lowest BCUT2D eigenvalue weighted by Crippen LogP contribution is -2.50. The maximum Gasteiger partial charge on any atom is 0.228 e. The highest BCUT2D eigenvalue weighted by Crippen LogP contribution is 2.43. The van der Waals surface area contributed by atoms with Crippen LogP contribution in [0, 0.1) is 18.3 Å². The molecule has 2 aliphatic rings. The molecule has 2 saturated heterocycles. The first-order valence-electron chi connectivity index (χ1n) is 8.68. The topological polar surface area (TPSA) is 80.7 Å². The summed E-state index contributed by atoms with van der Waals surface area (Å²) in [6, 6.07) is 3.77. The summed E-state index contributed by atoms with van der Waals surface area (Å²) in [5.41, 5.74) is 1.55. The van der Waals surface area contributed by atoms with Crippen molar-refractivity contribution in [2.45, 2.75) is 26.4 Å². The van der Waals surface area contributed by atoms with E-state index >= 15 is 0 Å². The SMILES string of the molecule is Cc1ccoc1CNC(=O)C12CCOCC1CN(Cc1ccon1)C2. The fourth-order valence-corrected chi connectivity index (χ4v) is 4.02. The molecule has 7 heteroatoms. The van der Waals surface area contributed by atoms with E-state index in [1.807, 2.05) is 19.1 Å². The highest BCUT2D eigenvalue weighted by atomic mass is 16.5. The third kappa shape index (κ3) is 3.09. The Morgan fingerprint density at radius 1 is 1.44 bits per heavy atom. The lowest BCUT2D eigenvalue weighted by atomic mass is 9.73. The second-order valence-electron chi connectivity index (χ2n) is 7.05. The van der Waals surface area contributed by atoms with E-state index in [2.05, 4.69) is 15.4 Å². The Morgan fingerprint density at radius 3 is 3.12 bits per heavy atom. The number of fused-ring (bicyclic) bond motifs is 1. The van der Waals surface area contributed by atoms with Crippen LogP contribution in [-0.2, 0) is 22.6 Å². The van der Waals surface area contributed by atoms with Crippen LogP contribution < -0.4 is 5.32 Å². The number of hydrogen-bond acceptors (Lipinski definition) is 6. The summed E-state index contributed by atoms with van der Waals surface area (Å²) in [5.74, 6) is 1.11. The number of nitrogens with one attached hydrogen (secondary N) is 1. The summed E-state index contributed by atoms with van der Waals surface area (Å²) in [4.78, 5) is 15.4. The van der Waals surface area contributed by atoms with E-state index in [0.29, 0.717) is 26.3 Å². The zero-order chi connectivity index (χ0) is 17.3. The minimum atomic E-state index is -0.400. The van der Waals surface area contributed by atoms with Gasteiger partial charge in [0.15, 0.2) is 0 Å². The van der Waals surface area contributed by atoms with Crippen LogP contribution in [0.4, 0.5) is 0 Å². The van der Waals surface area contributed by atoms with Crippen LogP contribution in [0.1, 0.15) is 23.4 Å². The predicted octanol–water partition coefficient (Wildman–Crippen LogP) is 1.73. The quantitative estimate of drug-likeness (QED) is 0.889. The second-order valence-corrected chi connectivity index (χ2v) is 7.05. The molecule has 0 aromatic carbocycles. The number of furan rings is 1. The van der Waals surface area contributed by atoms with Gasteiger partial charge < -0.3 is 19.0 Å². The third-order valence-electron chi connectivity index (χ3n) is 5.48. The van der Waals surface area contributed by atoms with Gasteiger partial charge >= 0.3 is 0 Å². The molecule has 0 saturated carbocycles. The van der Waals surface area contributed by atoms with Gasteiger partial charge in [0, 0.05) is 38.2 Å². The summed E-state index contributed by atoms with van der Waals surface area (Å²) >= 11 is 0. The predicted molar refractivity (Wildman–Crippen MR) is 88.4 cm³/mol. The first-order chi connectivity index (χ1) is 12.2. The van der Waals surface area contributed by atoms with E-state index in [4.69, 9.17) is 13.7 Å². The molecular formula is C18H23N3O4. The van der Waals surface area contributed by atoms with Gasteiger partial charge in [0.25, 0.3) is 0 Å². The van der Waals surface area contributed by atoms with Crippen molar-refractivity contribution < 1.29 is 18.5 Å². The van der Waals surface area contributed by atoms with E-state index in [9.17, 15) is 4.79 Å². The van der Waals surface area contributed by atoms with Crippen LogP contribution in [0.15, 0.2) is 33.6 Å². The highest BCUT2D eigenvalue weighted by Gasteiger charge is 2.53. The number of carbonyl (C=O) groups excluding carboxylic acids is 1. The summed E-state index contributed by atoms with van der Waals surface area (Å²) in [7, 11) is 0. The van der Waals surface area contributed by atoms with Crippen molar-refractivity contribution in [3.8, 4) is 0 Å². The molecule has 25 heavy (non-hydrogen) atoms. The van der Waals surface area contributed by atoms with Gasteiger partial charge in [-0.25, -0.2) is 0 Å². The van der Waals surface area contributed by atoms with Crippen LogP contribution in [-0.4, -0.2) is 42.3 Å². The Balaban J connectivity index is 1.46. The van der Waals surface area contributed by atoms with Gasteiger partial charge in [-0.15, -0.1) is 0 Å². The molecule has 2 fully saturated rings. The first-order valence-corrected chi connectivity index (χ1v) is 8.68. The Morgan fingerprint density at radius 2 is 2.36 bits per heavy atom. The van der Waals surface area contributed by atoms with Crippen molar-refractivity contribution in [2.75, 3.05) is 26.3 Å². The maximum absolute atomic E-state index is 13.1. The number of amides is 1. The molecule has 4 rings (SSSR count). The van der Waals surface area contributed by atoms with Crippen molar-refractivity contribution in [1.82, 2.24) is 15.4 Å². The fourth-order valence-electron chi connectivity index (χ4n) is 4.02. The third-order valence-corrected chi connectivity index (χ3v) is 5.48. The van der Waals surface area contributed by atoms with E-state index in [1.165, 1.54) is 0 Å². The zero-order valence-corrected chi connectivity index (χ0v) is 14.4. The van der Waals surface area contributed by atoms with Crippen molar-refractivity contribution >= 4 is 5.91 Å². The fraction of sp³-hybridized carbons (Fsp3) is 0.556. The second kappa shape index (κ2) is 6.65. The highest BCUT2D eigenvalue weighted by molar-refractivity contribution is 5.83. The monoisotopic (exact) mass is 345 g/mol. The lowest BCUT2D eigenvalue weighted by Gasteiger charge is -2.36. The zero-order valence-electron chi connectivity index (χ0n) is 14.4. The Labute approximate surface area is 146 Å². The summed E-state index contributed by atoms with van der Waals surface area (Å²) in [5, 5.41) is 7.07. The molecule has 2 aromatic rings. The van der Waals surface area contributed by atoms with Gasteiger partial charge in [-0.3, -0.25) is 9.69 Å². The molecular weight excluding hydrogens is 322 g/mol. The van der Waals surface area contributed by atoms with E-state index in [-0.39, 0.29) is 11.8 Å². The minimum Gasteiger partial charge on any atom is -0.467 e. The number of hydrogen-bond donors (Lipinski definition) is 1. The number of nitrogens with zero attached hydrogens (tertiary/aromatic N) is 2. The van der Waals surface area contributed by atoms with Gasteiger partial charge in [-0.2, -0.15) is 0 Å². The molecule has 2 aromatic heterocycles. The maximum atomic E-state index is 13.1. The summed E-state index contributed by atoms with van der Waals surface area (Å²) in [6.07, 6.45) is 3.98. The van der Waals surface area contributed by atoms with Crippen molar-refractivity contribution in [3.63, 3.8) is 0 Å². The Hall–Kier alpha value is -2.12. The number of aromatic nitrogens is 1. The number of rotatable bonds is 5. The molecule has 0 spiro atoms. The lowest BCUT2D eigenvalue weighted by molar-refractivity contribution is -0.139. The van der Waals surface area contributed by atoms with E-state index in [1.54, 1.807) is 12.5 Å². The van der Waals surface area contributed by atoms with Crippen LogP contribution in [0.25, 0.3) is 0 Å². The number of carbonyl (C=O) groups is 1. The molecule has 4 heterocycles. The van der Waals surface area contributed by atoms with Crippen molar-refractivity contribution in [3.05, 3.63) is 41.7 Å². The standard InChI is InChI=1S/C18H23N3O4/c1-13-2-5-24-16(13)8-19-17(22)18-4-7-23-11-14(18)9-21(12-18)10-15-3-6-25-20-15/h2-3,5-6,14H,4,7-12H2,1H3,(H,19,22). The van der Waals surface area contributed by atoms with Crippen LogP contribution in [0.2, 0.25) is 0 Å². The van der Waals surface area contributed by atoms with Crippen LogP contribution in [0.5, 0.6) is 0 Å². The molecule has 0 bridgehead atoms. The van der Waals surface area contributed by atoms with Crippen LogP contribution in [0.3, 0.4) is 0 Å². The normalized spacial score (nSPS) is 26.5. The molecule has 1 N–H and O–H groups in total. The minimum absolute atomic E-state index is 0.0965. The smallest absolute Gasteiger partial charge is 0.228 e. The Kier molecular flexibility index (Phi) is 4.35. The number of aryl methyl sites for hydroxylation is 1. The molecule has 0 radical (unpaired) electrons. The van der Waals surface area contributed by atoms with Crippen molar-refractivity contribution in [2.24, 2.45) is 11.3 Å². The number of likely N-dealkylation sites (tertiary alicyclic amines) is 1. The first kappa shape index (κ1) is 16.4. The van der Waals surface area contributed by atoms with Crippen molar-refractivity contribution in [1.29, 1.82) is 0 Å². The molecule has 134 valence electrons. The van der Waals surface area contributed by atoms with E-state index < -0.39 is 5.41 Å². The van der Waals surface area contributed by atoms with Gasteiger partial charge in [0.1, 0.15) is 12.0 Å². The average Bonchev–Trinajstić information content (AvgIpc) is 3.33. The van der Waals surface area contributed by atoms with E-state index in [0.717, 1.165) is 36.5 Å². The molecule has 2 atom stereocenters. The number of ether oxygens (including phenoxy) is 1. The molecule has 2 aliphatic heterocycles. The molecule has 0 aliphatic carbocycles.